The molecule has 1 saturated heterocycles. The summed E-state index contributed by atoms with van der Waals surface area (Å²) in [5, 5.41) is 2.74. The summed E-state index contributed by atoms with van der Waals surface area (Å²) in [5.74, 6) is -0.0131. The summed E-state index contributed by atoms with van der Waals surface area (Å²) >= 11 is 9.67. The fourth-order valence-corrected chi connectivity index (χ4v) is 4.59. The third-order valence-electron chi connectivity index (χ3n) is 5.90. The molecule has 0 aromatic heterocycles. The van der Waals surface area contributed by atoms with E-state index in [0.29, 0.717) is 37.0 Å². The lowest BCUT2D eigenvalue weighted by Gasteiger charge is -2.31. The lowest BCUT2D eigenvalue weighted by molar-refractivity contribution is -0.131. The van der Waals surface area contributed by atoms with E-state index < -0.39 is 0 Å². The Morgan fingerprint density at radius 3 is 2.39 bits per heavy atom. The number of hydrogen-bond acceptors (Lipinski definition) is 4. The molecule has 3 aromatic rings. The van der Waals surface area contributed by atoms with Gasteiger partial charge in [-0.3, -0.25) is 15.2 Å². The van der Waals surface area contributed by atoms with Crippen molar-refractivity contribution in [2.75, 3.05) is 31.3 Å². The highest BCUT2D eigenvalue weighted by molar-refractivity contribution is 9.10. The molecule has 2 aliphatic rings. The second-order valence-corrected chi connectivity index (χ2v) is 9.34. The van der Waals surface area contributed by atoms with Crippen molar-refractivity contribution in [2.45, 2.75) is 6.04 Å². The van der Waals surface area contributed by atoms with Crippen LogP contribution in [0.4, 0.5) is 5.69 Å². The molecule has 0 radical (unpaired) electrons. The van der Waals surface area contributed by atoms with Gasteiger partial charge < -0.3 is 9.64 Å². The molecule has 168 valence electrons. The van der Waals surface area contributed by atoms with Crippen LogP contribution in [0.5, 0.6) is 0 Å². The zero-order valence-electron chi connectivity index (χ0n) is 17.9. The van der Waals surface area contributed by atoms with Gasteiger partial charge in [0.2, 0.25) is 0 Å². The van der Waals surface area contributed by atoms with Crippen LogP contribution in [0, 0.1) is 0 Å². The number of carbonyl (C=O) groups is 1. The van der Waals surface area contributed by atoms with E-state index in [2.05, 4.69) is 50.6 Å². The highest BCUT2D eigenvalue weighted by Crippen LogP contribution is 2.39. The number of amides is 1. The Hall–Kier alpha value is -2.80. The van der Waals surface area contributed by atoms with Crippen LogP contribution in [-0.2, 0) is 9.53 Å². The molecule has 33 heavy (non-hydrogen) atoms. The quantitative estimate of drug-likeness (QED) is 0.484. The zero-order chi connectivity index (χ0) is 22.8. The van der Waals surface area contributed by atoms with E-state index in [4.69, 9.17) is 16.3 Å². The molecule has 1 fully saturated rings. The van der Waals surface area contributed by atoms with Crippen LogP contribution in [-0.4, -0.2) is 37.1 Å². The third kappa shape index (κ3) is 4.64. The van der Waals surface area contributed by atoms with Gasteiger partial charge in [0.15, 0.2) is 0 Å². The number of morpholine rings is 1. The SMILES string of the molecule is O=C(C1=CC(c2ccc(Cl)cc2)N(c2ccccc2-c2ccc(Br)cc2)N1)N1CCOCC1. The maximum absolute atomic E-state index is 13.3. The Bertz CT molecular complexity index is 1170. The van der Waals surface area contributed by atoms with Crippen molar-refractivity contribution in [3.05, 3.63) is 99.6 Å². The average Bonchev–Trinajstić information content (AvgIpc) is 3.30. The van der Waals surface area contributed by atoms with E-state index in [9.17, 15) is 4.79 Å². The van der Waals surface area contributed by atoms with Crippen molar-refractivity contribution >= 4 is 39.1 Å². The van der Waals surface area contributed by atoms with Crippen molar-refractivity contribution in [3.8, 4) is 11.1 Å². The summed E-state index contributed by atoms with van der Waals surface area (Å²) in [7, 11) is 0. The van der Waals surface area contributed by atoms with Crippen LogP contribution in [0.1, 0.15) is 11.6 Å². The molecule has 5 nitrogen and oxygen atoms in total. The molecule has 1 amide bonds. The van der Waals surface area contributed by atoms with Crippen molar-refractivity contribution < 1.29 is 9.53 Å². The summed E-state index contributed by atoms with van der Waals surface area (Å²) < 4.78 is 6.45. The number of carbonyl (C=O) groups excluding carboxylic acids is 1. The molecule has 7 heteroatoms. The summed E-state index contributed by atoms with van der Waals surface area (Å²) in [4.78, 5) is 15.1. The highest BCUT2D eigenvalue weighted by atomic mass is 79.9. The molecule has 1 unspecified atom stereocenters. The number of benzene rings is 3. The summed E-state index contributed by atoms with van der Waals surface area (Å²) in [6.45, 7) is 2.32. The fourth-order valence-electron chi connectivity index (χ4n) is 4.20. The number of hydrogen-bond donors (Lipinski definition) is 1. The Morgan fingerprint density at radius 2 is 1.67 bits per heavy atom. The maximum Gasteiger partial charge on any atom is 0.271 e. The third-order valence-corrected chi connectivity index (χ3v) is 6.68. The number of halogens is 2. The first-order valence-corrected chi connectivity index (χ1v) is 12.0. The number of hydrazine groups is 1. The van der Waals surface area contributed by atoms with Gasteiger partial charge in [-0.15, -0.1) is 0 Å². The first-order chi connectivity index (χ1) is 16.1. The van der Waals surface area contributed by atoms with E-state index in [0.717, 1.165) is 26.9 Å². The largest absolute Gasteiger partial charge is 0.378 e. The molecule has 0 bridgehead atoms. The lowest BCUT2D eigenvalue weighted by Crippen LogP contribution is -2.45. The van der Waals surface area contributed by atoms with Gasteiger partial charge >= 0.3 is 0 Å². The van der Waals surface area contributed by atoms with Gasteiger partial charge in [-0.1, -0.05) is 70.0 Å². The van der Waals surface area contributed by atoms with Gasteiger partial charge in [-0.05, 0) is 47.5 Å². The second kappa shape index (κ2) is 9.59. The van der Waals surface area contributed by atoms with Gasteiger partial charge in [-0.25, -0.2) is 0 Å². The number of anilines is 1. The molecule has 0 aliphatic carbocycles. The van der Waals surface area contributed by atoms with E-state index in [1.165, 1.54) is 0 Å². The van der Waals surface area contributed by atoms with E-state index in [-0.39, 0.29) is 11.9 Å². The van der Waals surface area contributed by atoms with Crippen LogP contribution >= 0.6 is 27.5 Å². The minimum absolute atomic E-state index is 0.0131. The van der Waals surface area contributed by atoms with Crippen LogP contribution in [0.25, 0.3) is 11.1 Å². The fraction of sp³-hybridized carbons (Fsp3) is 0.192. The molecule has 3 aromatic carbocycles. The van der Waals surface area contributed by atoms with Gasteiger partial charge in [0.05, 0.1) is 24.9 Å². The van der Waals surface area contributed by atoms with E-state index in [1.54, 1.807) is 0 Å². The van der Waals surface area contributed by atoms with Crippen LogP contribution in [0.3, 0.4) is 0 Å². The number of para-hydroxylation sites is 1. The van der Waals surface area contributed by atoms with Crippen LogP contribution in [0.2, 0.25) is 5.02 Å². The summed E-state index contributed by atoms with van der Waals surface area (Å²) in [6.07, 6.45) is 2.00. The molecule has 1 N–H and O–H groups in total. The van der Waals surface area contributed by atoms with E-state index >= 15 is 0 Å². The summed E-state index contributed by atoms with van der Waals surface area (Å²) in [5.41, 5.74) is 8.18. The molecule has 0 spiro atoms. The first kappa shape index (κ1) is 22.0. The van der Waals surface area contributed by atoms with Crippen molar-refractivity contribution in [3.63, 3.8) is 0 Å². The molecule has 0 saturated carbocycles. The minimum atomic E-state index is -0.168. The standard InChI is InChI=1S/C26H23BrClN3O2/c27-20-9-5-18(6-10-20)22-3-1-2-4-24(22)31-25(19-7-11-21(28)12-8-19)17-23(29-31)26(32)30-13-15-33-16-14-30/h1-12,17,25,29H,13-16H2. The molecular weight excluding hydrogens is 502 g/mol. The zero-order valence-corrected chi connectivity index (χ0v) is 20.2. The maximum atomic E-state index is 13.3. The average molecular weight is 525 g/mol. The lowest BCUT2D eigenvalue weighted by atomic mass is 10.0. The number of nitrogens with zero attached hydrogens (tertiary/aromatic N) is 2. The summed E-state index contributed by atoms with van der Waals surface area (Å²) in [6, 6.07) is 24.1. The minimum Gasteiger partial charge on any atom is -0.378 e. The molecule has 2 heterocycles. The van der Waals surface area contributed by atoms with Crippen molar-refractivity contribution in [1.82, 2.24) is 10.3 Å². The van der Waals surface area contributed by atoms with Crippen LogP contribution in [0.15, 0.2) is 89.0 Å². The van der Waals surface area contributed by atoms with Gasteiger partial charge in [0.25, 0.3) is 5.91 Å². The van der Waals surface area contributed by atoms with Crippen molar-refractivity contribution in [1.29, 1.82) is 0 Å². The Balaban J connectivity index is 1.54. The normalized spacial score (nSPS) is 18.1. The number of nitrogens with one attached hydrogen (secondary N) is 1. The Morgan fingerprint density at radius 1 is 0.970 bits per heavy atom. The monoisotopic (exact) mass is 523 g/mol. The topological polar surface area (TPSA) is 44.8 Å². The number of ether oxygens (including phenoxy) is 1. The molecule has 5 rings (SSSR count). The van der Waals surface area contributed by atoms with Gasteiger partial charge in [0, 0.05) is 28.1 Å². The Kier molecular flexibility index (Phi) is 6.40. The molecule has 2 aliphatic heterocycles. The van der Waals surface area contributed by atoms with Gasteiger partial charge in [0.1, 0.15) is 5.70 Å². The highest BCUT2D eigenvalue weighted by Gasteiger charge is 2.33. The Labute approximate surface area is 206 Å². The molecular formula is C26H23BrClN3O2. The number of rotatable bonds is 4. The smallest absolute Gasteiger partial charge is 0.271 e. The second-order valence-electron chi connectivity index (χ2n) is 7.99. The first-order valence-electron chi connectivity index (χ1n) is 10.9. The van der Waals surface area contributed by atoms with E-state index in [1.807, 2.05) is 59.5 Å². The predicted octanol–water partition coefficient (Wildman–Crippen LogP) is 5.58. The van der Waals surface area contributed by atoms with Crippen LogP contribution < -0.4 is 10.4 Å². The predicted molar refractivity (Wildman–Crippen MR) is 135 cm³/mol. The molecule has 1 atom stereocenters. The van der Waals surface area contributed by atoms with Crippen molar-refractivity contribution in [2.24, 2.45) is 0 Å². The van der Waals surface area contributed by atoms with Gasteiger partial charge in [-0.2, -0.15) is 0 Å².